The van der Waals surface area contributed by atoms with E-state index in [-0.39, 0.29) is 0 Å². The van der Waals surface area contributed by atoms with Gasteiger partial charge in [0.15, 0.2) is 5.58 Å². The molecule has 0 unspecified atom stereocenters. The van der Waals surface area contributed by atoms with Crippen LogP contribution in [0.5, 0.6) is 0 Å². The van der Waals surface area contributed by atoms with Crippen LogP contribution in [0.25, 0.3) is 82.8 Å². The third-order valence-corrected chi connectivity index (χ3v) is 10.2. The van der Waals surface area contributed by atoms with Crippen molar-refractivity contribution in [2.45, 2.75) is 0 Å². The molecule has 0 radical (unpaired) electrons. The molecule has 3 heterocycles. The van der Waals surface area contributed by atoms with Crippen LogP contribution in [0.1, 0.15) is 0 Å². The third kappa shape index (κ3) is 4.39. The van der Waals surface area contributed by atoms with Gasteiger partial charge in [-0.1, -0.05) is 78.9 Å². The van der Waals surface area contributed by atoms with E-state index in [2.05, 4.69) is 137 Å². The molecule has 5 heteroatoms. The van der Waals surface area contributed by atoms with Gasteiger partial charge in [0.2, 0.25) is 5.89 Å². The summed E-state index contributed by atoms with van der Waals surface area (Å²) in [6.45, 7) is 0. The molecule has 0 spiro atoms. The topological polar surface area (TPSA) is 47.3 Å². The standard InChI is InChI=1S/C47H29N3O2/c1-2-10-30(11-3-1)47-48-46-36-25-23-34(28-31(36)18-26-45(46)52-47)49(35-24-27-44-40(29-35)39-14-6-9-17-43(39)51-44)32-19-21-33(22-20-32)50-41-15-7-4-12-37(41)38-13-5-8-16-42(38)50/h1-29H. The van der Waals surface area contributed by atoms with Gasteiger partial charge in [-0.25, -0.2) is 4.98 Å². The van der Waals surface area contributed by atoms with Crippen LogP contribution in [0, 0.1) is 0 Å². The van der Waals surface area contributed by atoms with Crippen LogP contribution in [0.15, 0.2) is 185 Å². The number of oxazole rings is 1. The molecule has 52 heavy (non-hydrogen) atoms. The summed E-state index contributed by atoms with van der Waals surface area (Å²) in [7, 11) is 0. The highest BCUT2D eigenvalue weighted by atomic mass is 16.3. The molecule has 3 aromatic heterocycles. The zero-order valence-electron chi connectivity index (χ0n) is 27.9. The molecule has 0 saturated carbocycles. The van der Waals surface area contributed by atoms with E-state index in [1.165, 1.54) is 21.8 Å². The van der Waals surface area contributed by atoms with Crippen molar-refractivity contribution in [2.24, 2.45) is 0 Å². The zero-order chi connectivity index (χ0) is 34.2. The summed E-state index contributed by atoms with van der Waals surface area (Å²) in [5, 5.41) is 6.81. The first-order valence-electron chi connectivity index (χ1n) is 17.5. The van der Waals surface area contributed by atoms with Gasteiger partial charge in [0.05, 0.1) is 11.0 Å². The Morgan fingerprint density at radius 3 is 1.83 bits per heavy atom. The number of hydrogen-bond acceptors (Lipinski definition) is 4. The maximum absolute atomic E-state index is 6.22. The van der Waals surface area contributed by atoms with E-state index in [9.17, 15) is 0 Å². The molecule has 11 aromatic rings. The Hall–Kier alpha value is -7.11. The van der Waals surface area contributed by atoms with Crippen LogP contribution in [-0.4, -0.2) is 9.55 Å². The number of anilines is 3. The van der Waals surface area contributed by atoms with Crippen LogP contribution in [0.2, 0.25) is 0 Å². The number of furan rings is 1. The second-order valence-electron chi connectivity index (χ2n) is 13.2. The van der Waals surface area contributed by atoms with Gasteiger partial charge >= 0.3 is 0 Å². The smallest absolute Gasteiger partial charge is 0.227 e. The minimum atomic E-state index is 0.623. The summed E-state index contributed by atoms with van der Waals surface area (Å²) >= 11 is 0. The van der Waals surface area contributed by atoms with Gasteiger partial charge in [-0.15, -0.1) is 0 Å². The molecule has 0 aliphatic carbocycles. The van der Waals surface area contributed by atoms with E-state index in [0.29, 0.717) is 5.89 Å². The molecule has 11 rings (SSSR count). The fraction of sp³-hybridized carbons (Fsp3) is 0. The third-order valence-electron chi connectivity index (χ3n) is 10.2. The molecular weight excluding hydrogens is 639 g/mol. The molecule has 0 amide bonds. The summed E-state index contributed by atoms with van der Waals surface area (Å²) < 4.78 is 14.8. The maximum atomic E-state index is 6.22. The van der Waals surface area contributed by atoms with Crippen molar-refractivity contribution in [1.82, 2.24) is 9.55 Å². The Kier molecular flexibility index (Phi) is 6.18. The zero-order valence-corrected chi connectivity index (χ0v) is 27.9. The fourth-order valence-electron chi connectivity index (χ4n) is 7.80. The predicted molar refractivity (Wildman–Crippen MR) is 213 cm³/mol. The number of benzene rings is 8. The second kappa shape index (κ2) is 11.2. The minimum absolute atomic E-state index is 0.623. The number of fused-ring (bicyclic) bond motifs is 9. The van der Waals surface area contributed by atoms with Crippen LogP contribution in [0.3, 0.4) is 0 Å². The Labute approximate surface area is 298 Å². The number of nitrogens with zero attached hydrogens (tertiary/aromatic N) is 3. The SMILES string of the molecule is c1ccc(-c2nc3c(ccc4cc(N(c5ccc(-n6c7ccccc7c7ccccc76)cc5)c5ccc6oc7ccccc7c6c5)ccc43)o2)cc1. The van der Waals surface area contributed by atoms with Gasteiger partial charge in [0.25, 0.3) is 0 Å². The van der Waals surface area contributed by atoms with Gasteiger partial charge < -0.3 is 18.3 Å². The molecule has 8 aromatic carbocycles. The lowest BCUT2D eigenvalue weighted by atomic mass is 10.1. The van der Waals surface area contributed by atoms with Gasteiger partial charge in [0.1, 0.15) is 16.7 Å². The molecule has 0 saturated heterocycles. The molecule has 0 fully saturated rings. The van der Waals surface area contributed by atoms with Crippen molar-refractivity contribution < 1.29 is 8.83 Å². The van der Waals surface area contributed by atoms with Crippen LogP contribution in [-0.2, 0) is 0 Å². The summed E-state index contributed by atoms with van der Waals surface area (Å²) in [5.74, 6) is 0.623. The molecule has 0 atom stereocenters. The van der Waals surface area contributed by atoms with E-state index >= 15 is 0 Å². The molecule has 0 aliphatic heterocycles. The molecule has 5 nitrogen and oxygen atoms in total. The highest BCUT2D eigenvalue weighted by Gasteiger charge is 2.19. The van der Waals surface area contributed by atoms with E-state index in [1.807, 2.05) is 48.5 Å². The van der Waals surface area contributed by atoms with E-state index in [0.717, 1.165) is 72.1 Å². The van der Waals surface area contributed by atoms with Crippen molar-refractivity contribution in [3.05, 3.63) is 176 Å². The lowest BCUT2D eigenvalue weighted by molar-refractivity contribution is 0.620. The lowest BCUT2D eigenvalue weighted by Crippen LogP contribution is -2.10. The second-order valence-corrected chi connectivity index (χ2v) is 13.2. The maximum Gasteiger partial charge on any atom is 0.227 e. The van der Waals surface area contributed by atoms with E-state index < -0.39 is 0 Å². The van der Waals surface area contributed by atoms with Crippen molar-refractivity contribution in [2.75, 3.05) is 4.90 Å². The fourth-order valence-corrected chi connectivity index (χ4v) is 7.80. The number of aromatic nitrogens is 2. The van der Waals surface area contributed by atoms with Gasteiger partial charge in [-0.2, -0.15) is 0 Å². The Morgan fingerprint density at radius 1 is 0.423 bits per heavy atom. The molecule has 0 N–H and O–H groups in total. The van der Waals surface area contributed by atoms with Crippen LogP contribution in [0.4, 0.5) is 17.1 Å². The van der Waals surface area contributed by atoms with Gasteiger partial charge in [-0.3, -0.25) is 0 Å². The van der Waals surface area contributed by atoms with Crippen LogP contribution >= 0.6 is 0 Å². The molecular formula is C47H29N3O2. The van der Waals surface area contributed by atoms with Crippen molar-refractivity contribution >= 4 is 82.7 Å². The van der Waals surface area contributed by atoms with Crippen molar-refractivity contribution in [3.63, 3.8) is 0 Å². The Balaban J connectivity index is 1.08. The Bertz CT molecular complexity index is 3080. The molecule has 0 aliphatic rings. The average Bonchev–Trinajstić information content (AvgIpc) is 3.91. The molecule has 244 valence electrons. The van der Waals surface area contributed by atoms with Crippen molar-refractivity contribution in [3.8, 4) is 17.1 Å². The highest BCUT2D eigenvalue weighted by molar-refractivity contribution is 6.10. The molecule has 0 bridgehead atoms. The van der Waals surface area contributed by atoms with E-state index in [4.69, 9.17) is 13.8 Å². The summed E-state index contributed by atoms with van der Waals surface area (Å²) in [4.78, 5) is 7.26. The first kappa shape index (κ1) is 28.7. The van der Waals surface area contributed by atoms with Crippen molar-refractivity contribution in [1.29, 1.82) is 0 Å². The first-order chi connectivity index (χ1) is 25.8. The van der Waals surface area contributed by atoms with Crippen LogP contribution < -0.4 is 4.90 Å². The quantitative estimate of drug-likeness (QED) is 0.183. The lowest BCUT2D eigenvalue weighted by Gasteiger charge is -2.26. The van der Waals surface area contributed by atoms with Gasteiger partial charge in [0, 0.05) is 55.2 Å². The number of rotatable bonds is 5. The minimum Gasteiger partial charge on any atom is -0.456 e. The predicted octanol–water partition coefficient (Wildman–Crippen LogP) is 13.1. The summed E-state index contributed by atoms with van der Waals surface area (Å²) in [6.07, 6.45) is 0. The number of hydrogen-bond donors (Lipinski definition) is 0. The van der Waals surface area contributed by atoms with Gasteiger partial charge in [-0.05, 0) is 102 Å². The number of para-hydroxylation sites is 3. The largest absolute Gasteiger partial charge is 0.456 e. The monoisotopic (exact) mass is 667 g/mol. The van der Waals surface area contributed by atoms with E-state index in [1.54, 1.807) is 0 Å². The Morgan fingerprint density at radius 2 is 1.04 bits per heavy atom. The summed E-state index contributed by atoms with van der Waals surface area (Å²) in [5.41, 5.74) is 11.0. The highest BCUT2D eigenvalue weighted by Crippen LogP contribution is 2.41. The summed E-state index contributed by atoms with van der Waals surface area (Å²) in [6, 6.07) is 61.6. The normalized spacial score (nSPS) is 11.8. The average molecular weight is 668 g/mol. The first-order valence-corrected chi connectivity index (χ1v) is 17.5.